The molecule has 2 aromatic rings. The zero-order chi connectivity index (χ0) is 29.3. The number of morpholine rings is 1. The van der Waals surface area contributed by atoms with Gasteiger partial charge in [-0.15, -0.1) is 11.3 Å². The van der Waals surface area contributed by atoms with Gasteiger partial charge in [0.1, 0.15) is 5.00 Å². The number of nitrogens with zero attached hydrogens (tertiary/aromatic N) is 2. The molecule has 2 aliphatic heterocycles. The molecule has 2 aliphatic rings. The van der Waals surface area contributed by atoms with Crippen LogP contribution in [-0.4, -0.2) is 74.4 Å². The van der Waals surface area contributed by atoms with E-state index in [-0.39, 0.29) is 27.8 Å². The van der Waals surface area contributed by atoms with Crippen molar-refractivity contribution in [3.8, 4) is 0 Å². The average molecular weight is 591 g/mol. The summed E-state index contributed by atoms with van der Waals surface area (Å²) in [4.78, 5) is 30.3. The zero-order valence-electron chi connectivity index (χ0n) is 24.4. The van der Waals surface area contributed by atoms with E-state index >= 15 is 0 Å². The Hall–Kier alpha value is -2.31. The average Bonchev–Trinajstić information content (AvgIpc) is 3.25. The molecule has 220 valence electrons. The van der Waals surface area contributed by atoms with Crippen molar-refractivity contribution < 1.29 is 22.7 Å². The van der Waals surface area contributed by atoms with Crippen molar-refractivity contribution in [2.75, 3.05) is 44.7 Å². The van der Waals surface area contributed by atoms with Gasteiger partial charge in [0.15, 0.2) is 0 Å². The number of hydrogen-bond donors (Lipinski definition) is 2. The minimum absolute atomic E-state index is 0.0991. The van der Waals surface area contributed by atoms with Crippen LogP contribution >= 0.6 is 11.3 Å². The lowest BCUT2D eigenvalue weighted by Crippen LogP contribution is -2.55. The molecule has 0 unspecified atom stereocenters. The first-order valence-corrected chi connectivity index (χ1v) is 16.3. The number of fused-ring (bicyclic) bond motifs is 1. The number of sulfonamides is 1. The molecule has 0 spiro atoms. The Kier molecular flexibility index (Phi) is 9.11. The van der Waals surface area contributed by atoms with Crippen LogP contribution in [-0.2, 0) is 26.7 Å². The Morgan fingerprint density at radius 3 is 2.23 bits per heavy atom. The van der Waals surface area contributed by atoms with Crippen molar-refractivity contribution in [3.05, 3.63) is 45.8 Å². The summed E-state index contributed by atoms with van der Waals surface area (Å²) < 4.78 is 33.2. The summed E-state index contributed by atoms with van der Waals surface area (Å²) >= 11 is 1.43. The van der Waals surface area contributed by atoms with Crippen molar-refractivity contribution in [2.24, 2.45) is 0 Å². The van der Waals surface area contributed by atoms with Crippen molar-refractivity contribution in [3.63, 3.8) is 0 Å². The third kappa shape index (κ3) is 6.28. The number of carbonyl (C=O) groups excluding carboxylic acids is 2. The molecule has 0 bridgehead atoms. The van der Waals surface area contributed by atoms with Crippen LogP contribution in [0.1, 0.15) is 85.5 Å². The first-order chi connectivity index (χ1) is 18.8. The number of carbonyl (C=O) groups is 2. The van der Waals surface area contributed by atoms with Crippen LogP contribution in [0.4, 0.5) is 5.00 Å². The third-order valence-electron chi connectivity index (χ3n) is 7.28. The van der Waals surface area contributed by atoms with E-state index < -0.39 is 10.0 Å². The van der Waals surface area contributed by atoms with Crippen LogP contribution in [0, 0.1) is 0 Å². The number of amides is 2. The van der Waals surface area contributed by atoms with Crippen LogP contribution in [0.5, 0.6) is 0 Å². The van der Waals surface area contributed by atoms with Gasteiger partial charge in [-0.1, -0.05) is 13.8 Å². The van der Waals surface area contributed by atoms with E-state index in [2.05, 4.69) is 38.3 Å². The monoisotopic (exact) mass is 590 g/mol. The molecule has 1 saturated heterocycles. The highest BCUT2D eigenvalue weighted by Crippen LogP contribution is 2.45. The summed E-state index contributed by atoms with van der Waals surface area (Å²) in [5.41, 5.74) is 1.23. The number of anilines is 1. The molecule has 2 amide bonds. The van der Waals surface area contributed by atoms with Gasteiger partial charge in [-0.2, -0.15) is 4.31 Å². The molecular formula is C29H42N4O5S2. The van der Waals surface area contributed by atoms with Crippen molar-refractivity contribution >= 4 is 38.2 Å². The maximum absolute atomic E-state index is 13.9. The van der Waals surface area contributed by atoms with E-state index in [0.717, 1.165) is 23.3 Å². The van der Waals surface area contributed by atoms with Gasteiger partial charge in [0.2, 0.25) is 10.0 Å². The number of benzene rings is 1. The highest BCUT2D eigenvalue weighted by molar-refractivity contribution is 7.89. The zero-order valence-corrected chi connectivity index (χ0v) is 26.1. The third-order valence-corrected chi connectivity index (χ3v) is 10.7. The Morgan fingerprint density at radius 1 is 1.05 bits per heavy atom. The second-order valence-corrected chi connectivity index (χ2v) is 14.7. The van der Waals surface area contributed by atoms with E-state index in [1.54, 1.807) is 4.90 Å². The normalized spacial score (nSPS) is 18.4. The van der Waals surface area contributed by atoms with Crippen LogP contribution in [0.3, 0.4) is 0 Å². The van der Waals surface area contributed by atoms with E-state index in [9.17, 15) is 18.0 Å². The fourth-order valence-electron chi connectivity index (χ4n) is 5.72. The van der Waals surface area contributed by atoms with Gasteiger partial charge in [0.05, 0.1) is 23.7 Å². The van der Waals surface area contributed by atoms with Gasteiger partial charge in [0.25, 0.3) is 11.8 Å². The van der Waals surface area contributed by atoms with Gasteiger partial charge in [-0.25, -0.2) is 8.42 Å². The lowest BCUT2D eigenvalue weighted by atomic mass is 9.81. The highest BCUT2D eigenvalue weighted by Gasteiger charge is 2.42. The molecule has 0 atom stereocenters. The molecule has 11 heteroatoms. The smallest absolute Gasteiger partial charge is 0.257 e. The van der Waals surface area contributed by atoms with E-state index in [1.165, 1.54) is 39.9 Å². The lowest BCUT2D eigenvalue weighted by molar-refractivity contribution is 0.0302. The second kappa shape index (κ2) is 11.9. The van der Waals surface area contributed by atoms with E-state index in [1.807, 2.05) is 13.8 Å². The van der Waals surface area contributed by atoms with Crippen LogP contribution in [0.2, 0.25) is 0 Å². The Balaban J connectivity index is 1.66. The molecule has 2 N–H and O–H groups in total. The number of ether oxygens (including phenoxy) is 1. The number of thiophene rings is 1. The molecule has 0 aliphatic carbocycles. The molecule has 0 radical (unpaired) electrons. The summed E-state index contributed by atoms with van der Waals surface area (Å²) in [5, 5.41) is 7.20. The summed E-state index contributed by atoms with van der Waals surface area (Å²) in [6.07, 6.45) is 2.10. The topological polar surface area (TPSA) is 108 Å². The lowest BCUT2D eigenvalue weighted by Gasteiger charge is -2.42. The minimum atomic E-state index is -3.65. The largest absolute Gasteiger partial charge is 0.378 e. The van der Waals surface area contributed by atoms with Crippen molar-refractivity contribution in [2.45, 2.75) is 76.8 Å². The van der Waals surface area contributed by atoms with Crippen LogP contribution < -0.4 is 10.6 Å². The maximum atomic E-state index is 13.9. The van der Waals surface area contributed by atoms with Crippen molar-refractivity contribution in [1.29, 1.82) is 0 Å². The van der Waals surface area contributed by atoms with Crippen LogP contribution in [0.25, 0.3) is 0 Å². The van der Waals surface area contributed by atoms with E-state index in [4.69, 9.17) is 4.74 Å². The first-order valence-electron chi connectivity index (χ1n) is 14.0. The summed E-state index contributed by atoms with van der Waals surface area (Å²) in [6, 6.07) is 6.03. The summed E-state index contributed by atoms with van der Waals surface area (Å²) in [7, 11) is -3.65. The summed E-state index contributed by atoms with van der Waals surface area (Å²) in [6.45, 7) is 15.2. The summed E-state index contributed by atoms with van der Waals surface area (Å²) in [5.74, 6) is -0.486. The molecule has 40 heavy (non-hydrogen) atoms. The molecule has 3 heterocycles. The van der Waals surface area contributed by atoms with Gasteiger partial charge in [0, 0.05) is 47.7 Å². The van der Waals surface area contributed by atoms with Gasteiger partial charge < -0.3 is 20.3 Å². The minimum Gasteiger partial charge on any atom is -0.378 e. The van der Waals surface area contributed by atoms with E-state index in [0.29, 0.717) is 61.9 Å². The predicted octanol–water partition coefficient (Wildman–Crippen LogP) is 4.44. The molecule has 1 fully saturated rings. The molecular weight excluding hydrogens is 548 g/mol. The predicted molar refractivity (Wildman–Crippen MR) is 159 cm³/mol. The van der Waals surface area contributed by atoms with Gasteiger partial charge in [-0.05, 0) is 76.8 Å². The Bertz CT molecular complexity index is 1340. The molecule has 4 rings (SSSR count). The molecule has 1 aromatic carbocycles. The fraction of sp³-hybridized carbons (Fsp3) is 0.586. The Morgan fingerprint density at radius 2 is 1.65 bits per heavy atom. The molecule has 9 nitrogen and oxygen atoms in total. The number of hydrogen-bond acceptors (Lipinski definition) is 7. The highest BCUT2D eigenvalue weighted by atomic mass is 32.2. The number of rotatable bonds is 9. The fourth-order valence-corrected chi connectivity index (χ4v) is 8.61. The van der Waals surface area contributed by atoms with Gasteiger partial charge in [-0.3, -0.25) is 9.59 Å². The first kappa shape index (κ1) is 30.6. The quantitative estimate of drug-likeness (QED) is 0.447. The number of nitrogens with one attached hydrogen (secondary N) is 2. The Labute approximate surface area is 242 Å². The maximum Gasteiger partial charge on any atom is 0.257 e. The molecule has 0 saturated carbocycles. The SMILES string of the molecule is CCCN(CCC)S(=O)(=O)c1ccc(C(=O)Nc2sc3c(c2C(=O)N2CCOCC2)CC(C)(C)NC3(C)C)cc1. The molecule has 1 aromatic heterocycles. The standard InChI is InChI=1S/C29H42N4O5S2/c1-7-13-33(14-8-2)40(36,37)21-11-9-20(10-12-21)25(34)30-26-23(27(35)32-15-17-38-18-16-32)22-19-28(3,4)31-29(5,6)24(22)39-26/h9-12,31H,7-8,13-19H2,1-6H3,(H,30,34). The van der Waals surface area contributed by atoms with Gasteiger partial charge >= 0.3 is 0 Å². The van der Waals surface area contributed by atoms with Crippen molar-refractivity contribution in [1.82, 2.24) is 14.5 Å². The van der Waals surface area contributed by atoms with Crippen LogP contribution in [0.15, 0.2) is 29.2 Å². The second-order valence-electron chi connectivity index (χ2n) is 11.7.